The van der Waals surface area contributed by atoms with Crippen molar-refractivity contribution in [2.75, 3.05) is 18.4 Å². The van der Waals surface area contributed by atoms with Gasteiger partial charge in [0.05, 0.1) is 5.92 Å². The number of benzene rings is 1. The number of aromatic nitrogens is 2. The van der Waals surface area contributed by atoms with E-state index < -0.39 is 10.0 Å². The first-order valence-corrected chi connectivity index (χ1v) is 13.1. The Morgan fingerprint density at radius 1 is 1.06 bits per heavy atom. The molecule has 164 valence electrons. The third kappa shape index (κ3) is 4.10. The Balaban J connectivity index is 1.27. The molecule has 2 aromatic rings. The summed E-state index contributed by atoms with van der Waals surface area (Å²) in [6.07, 6.45) is 7.58. The van der Waals surface area contributed by atoms with Crippen molar-refractivity contribution in [3.63, 3.8) is 0 Å². The lowest BCUT2D eigenvalue weighted by Crippen LogP contribution is -2.43. The van der Waals surface area contributed by atoms with Crippen LogP contribution in [0.25, 0.3) is 0 Å². The van der Waals surface area contributed by atoms with Crippen LogP contribution in [0.4, 0.5) is 5.13 Å². The standard InChI is InChI=1S/C21H25N5O3S2/c27-19(22-21-24-23-20(30-21)14-7-2-1-3-8-14)15-9-6-12-26(13-15)18-16-10-4-5-11-17(16)31(28,29)25-18/h4-5,10-11,14-15H,1-3,6-9,12-13H2,(H,22,24,27)/t15-/m1/s1. The topological polar surface area (TPSA) is 105 Å². The van der Waals surface area contributed by atoms with Gasteiger partial charge in [0, 0.05) is 24.6 Å². The van der Waals surface area contributed by atoms with Crippen molar-refractivity contribution >= 4 is 38.2 Å². The number of hydrogen-bond acceptors (Lipinski definition) is 7. The van der Waals surface area contributed by atoms with Gasteiger partial charge in [-0.25, -0.2) is 0 Å². The first-order valence-electron chi connectivity index (χ1n) is 10.8. The number of likely N-dealkylation sites (tertiary alicyclic amines) is 1. The lowest BCUT2D eigenvalue weighted by Gasteiger charge is -2.33. The fraction of sp³-hybridized carbons (Fsp3) is 0.524. The highest BCUT2D eigenvalue weighted by molar-refractivity contribution is 7.90. The van der Waals surface area contributed by atoms with E-state index in [9.17, 15) is 13.2 Å². The van der Waals surface area contributed by atoms with E-state index in [0.29, 0.717) is 35.5 Å². The van der Waals surface area contributed by atoms with E-state index in [1.54, 1.807) is 18.2 Å². The second kappa shape index (κ2) is 8.31. The van der Waals surface area contributed by atoms with Gasteiger partial charge in [-0.1, -0.05) is 42.7 Å². The maximum atomic E-state index is 12.9. The van der Waals surface area contributed by atoms with Crippen molar-refractivity contribution < 1.29 is 13.2 Å². The molecule has 0 radical (unpaired) electrons. The number of rotatable bonds is 3. The van der Waals surface area contributed by atoms with Crippen LogP contribution in [0.15, 0.2) is 33.6 Å². The van der Waals surface area contributed by atoms with Crippen LogP contribution in [0.1, 0.15) is 61.4 Å². The summed E-state index contributed by atoms with van der Waals surface area (Å²) >= 11 is 1.48. The molecule has 8 nitrogen and oxygen atoms in total. The van der Waals surface area contributed by atoms with Gasteiger partial charge in [0.25, 0.3) is 10.0 Å². The summed E-state index contributed by atoms with van der Waals surface area (Å²) in [5, 5.41) is 13.0. The minimum atomic E-state index is -3.67. The van der Waals surface area contributed by atoms with Gasteiger partial charge in [0.2, 0.25) is 11.0 Å². The number of amides is 1. The Hall–Kier alpha value is -2.33. The molecule has 5 rings (SSSR count). The van der Waals surface area contributed by atoms with Crippen molar-refractivity contribution in [1.82, 2.24) is 15.1 Å². The Bertz CT molecular complexity index is 1120. The smallest absolute Gasteiger partial charge is 0.285 e. The maximum absolute atomic E-state index is 12.9. The van der Waals surface area contributed by atoms with Gasteiger partial charge in [-0.3, -0.25) is 4.79 Å². The number of carbonyl (C=O) groups excluding carboxylic acids is 1. The van der Waals surface area contributed by atoms with Gasteiger partial charge in [-0.2, -0.15) is 8.42 Å². The van der Waals surface area contributed by atoms with Gasteiger partial charge < -0.3 is 10.2 Å². The molecule has 2 aliphatic heterocycles. The molecule has 1 aliphatic carbocycles. The molecule has 0 unspecified atom stereocenters. The van der Waals surface area contributed by atoms with E-state index in [1.165, 1.54) is 30.6 Å². The minimum absolute atomic E-state index is 0.0919. The van der Waals surface area contributed by atoms with Crippen molar-refractivity contribution in [2.45, 2.75) is 55.8 Å². The van der Waals surface area contributed by atoms with Gasteiger partial charge >= 0.3 is 0 Å². The van der Waals surface area contributed by atoms with Crippen molar-refractivity contribution in [3.05, 3.63) is 34.8 Å². The molecule has 1 aromatic heterocycles. The zero-order valence-electron chi connectivity index (χ0n) is 17.2. The average molecular weight is 460 g/mol. The first kappa shape index (κ1) is 20.6. The van der Waals surface area contributed by atoms with E-state index >= 15 is 0 Å². The number of hydrogen-bond donors (Lipinski definition) is 1. The fourth-order valence-corrected chi connectivity index (χ4v) is 6.85. The van der Waals surface area contributed by atoms with E-state index in [2.05, 4.69) is 19.9 Å². The third-order valence-electron chi connectivity index (χ3n) is 6.33. The molecule has 10 heteroatoms. The van der Waals surface area contributed by atoms with E-state index in [4.69, 9.17) is 0 Å². The van der Waals surface area contributed by atoms with E-state index in [0.717, 1.165) is 30.7 Å². The van der Waals surface area contributed by atoms with Crippen LogP contribution >= 0.6 is 11.3 Å². The molecular formula is C21H25N5O3S2. The highest BCUT2D eigenvalue weighted by Gasteiger charge is 2.35. The minimum Gasteiger partial charge on any atom is -0.355 e. The monoisotopic (exact) mass is 459 g/mol. The molecule has 2 fully saturated rings. The molecule has 1 atom stereocenters. The van der Waals surface area contributed by atoms with E-state index in [1.807, 2.05) is 11.0 Å². The molecule has 1 N–H and O–H groups in total. The van der Waals surface area contributed by atoms with Crippen molar-refractivity contribution in [1.29, 1.82) is 0 Å². The summed E-state index contributed by atoms with van der Waals surface area (Å²) in [5.74, 6) is 0.563. The normalized spacial score (nSPS) is 23.3. The maximum Gasteiger partial charge on any atom is 0.285 e. The van der Waals surface area contributed by atoms with Gasteiger partial charge in [-0.15, -0.1) is 14.6 Å². The molecule has 1 saturated carbocycles. The molecule has 3 heterocycles. The SMILES string of the molecule is O=C(Nc1nnc(C2CCCCC2)s1)[C@@H]1CCCN(C2=NS(=O)(=O)c3ccccc32)C1. The number of nitrogens with zero attached hydrogens (tertiary/aromatic N) is 4. The Labute approximate surface area is 185 Å². The molecular weight excluding hydrogens is 434 g/mol. The molecule has 0 bridgehead atoms. The van der Waals surface area contributed by atoms with Crippen LogP contribution in [0.5, 0.6) is 0 Å². The zero-order chi connectivity index (χ0) is 21.4. The summed E-state index contributed by atoms with van der Waals surface area (Å²) in [7, 11) is -3.67. The van der Waals surface area contributed by atoms with Crippen molar-refractivity contribution in [2.24, 2.45) is 10.3 Å². The highest BCUT2D eigenvalue weighted by Crippen LogP contribution is 2.35. The largest absolute Gasteiger partial charge is 0.355 e. The van der Waals surface area contributed by atoms with Crippen LogP contribution in [0.3, 0.4) is 0 Å². The van der Waals surface area contributed by atoms with Crippen LogP contribution in [0.2, 0.25) is 0 Å². The van der Waals surface area contributed by atoms with Crippen LogP contribution in [-0.2, 0) is 14.8 Å². The number of anilines is 1. The quantitative estimate of drug-likeness (QED) is 0.754. The Morgan fingerprint density at radius 3 is 2.71 bits per heavy atom. The molecule has 3 aliphatic rings. The third-order valence-corrected chi connectivity index (χ3v) is 8.66. The second-order valence-corrected chi connectivity index (χ2v) is 11.0. The van der Waals surface area contributed by atoms with Crippen LogP contribution in [0, 0.1) is 5.92 Å². The lowest BCUT2D eigenvalue weighted by molar-refractivity contribution is -0.121. The molecule has 1 aromatic carbocycles. The summed E-state index contributed by atoms with van der Waals surface area (Å²) < 4.78 is 28.8. The summed E-state index contributed by atoms with van der Waals surface area (Å²) in [4.78, 5) is 15.1. The molecule has 1 saturated heterocycles. The molecule has 0 spiro atoms. The Kier molecular flexibility index (Phi) is 5.51. The number of sulfonamides is 1. The van der Waals surface area contributed by atoms with Crippen LogP contribution < -0.4 is 5.32 Å². The zero-order valence-corrected chi connectivity index (χ0v) is 18.8. The molecule has 1 amide bonds. The van der Waals surface area contributed by atoms with Gasteiger partial charge in [0.15, 0.2) is 5.84 Å². The predicted octanol–water partition coefficient (Wildman–Crippen LogP) is 3.39. The van der Waals surface area contributed by atoms with E-state index in [-0.39, 0.29) is 16.7 Å². The van der Waals surface area contributed by atoms with Crippen molar-refractivity contribution in [3.8, 4) is 0 Å². The molecule has 31 heavy (non-hydrogen) atoms. The number of fused-ring (bicyclic) bond motifs is 1. The first-order chi connectivity index (χ1) is 15.0. The van der Waals surface area contributed by atoms with Gasteiger partial charge in [0.1, 0.15) is 9.90 Å². The number of nitrogens with one attached hydrogen (secondary N) is 1. The van der Waals surface area contributed by atoms with Gasteiger partial charge in [-0.05, 0) is 37.8 Å². The summed E-state index contributed by atoms with van der Waals surface area (Å²) in [6.45, 7) is 1.11. The number of piperidine rings is 1. The number of carbonyl (C=O) groups is 1. The second-order valence-electron chi connectivity index (χ2n) is 8.44. The van der Waals surface area contributed by atoms with Crippen LogP contribution in [-0.4, -0.2) is 48.3 Å². The lowest BCUT2D eigenvalue weighted by atomic mass is 9.90. The predicted molar refractivity (Wildman–Crippen MR) is 119 cm³/mol. The summed E-state index contributed by atoms with van der Waals surface area (Å²) in [6, 6.07) is 6.86. The number of amidine groups is 1. The fourth-order valence-electron chi connectivity index (χ4n) is 4.71. The highest BCUT2D eigenvalue weighted by atomic mass is 32.2. The average Bonchev–Trinajstić information content (AvgIpc) is 3.37. The Morgan fingerprint density at radius 2 is 1.87 bits per heavy atom. The summed E-state index contributed by atoms with van der Waals surface area (Å²) in [5.41, 5.74) is 0.616.